The lowest BCUT2D eigenvalue weighted by molar-refractivity contribution is -0.120. The van der Waals surface area contributed by atoms with Gasteiger partial charge in [0.25, 0.3) is 11.8 Å². The molecule has 1 aromatic heterocycles. The topological polar surface area (TPSA) is 67.9 Å². The molecule has 0 saturated heterocycles. The lowest BCUT2D eigenvalue weighted by Gasteiger charge is -2.15. The monoisotopic (exact) mass is 424 g/mol. The highest BCUT2D eigenvalue weighted by Gasteiger charge is 2.40. The van der Waals surface area contributed by atoms with E-state index in [-0.39, 0.29) is 12.5 Å². The van der Waals surface area contributed by atoms with E-state index >= 15 is 0 Å². The van der Waals surface area contributed by atoms with Gasteiger partial charge in [-0.1, -0.05) is 23.7 Å². The molecule has 0 spiro atoms. The Labute approximate surface area is 174 Å². The molecule has 0 aliphatic carbocycles. The summed E-state index contributed by atoms with van der Waals surface area (Å²) >= 11 is 7.47. The Bertz CT molecular complexity index is 1170. The van der Waals surface area contributed by atoms with E-state index in [0.717, 1.165) is 4.90 Å². The number of thiophene rings is 1. The van der Waals surface area contributed by atoms with Crippen molar-refractivity contribution in [3.8, 4) is 11.5 Å². The number of hydrogen-bond acceptors (Lipinski definition) is 6. The number of rotatable bonds is 4. The first kappa shape index (κ1) is 17.8. The van der Waals surface area contributed by atoms with E-state index in [0.29, 0.717) is 38.3 Å². The molecule has 6 nitrogen and oxygen atoms in total. The second-order valence-electron chi connectivity index (χ2n) is 6.35. The van der Waals surface area contributed by atoms with E-state index in [1.165, 1.54) is 11.3 Å². The van der Waals surface area contributed by atoms with Crippen LogP contribution in [-0.4, -0.2) is 18.6 Å². The predicted molar refractivity (Wildman–Crippen MR) is 111 cm³/mol. The summed E-state index contributed by atoms with van der Waals surface area (Å²) in [5, 5.41) is 5.41. The number of amides is 2. The van der Waals surface area contributed by atoms with Crippen LogP contribution in [0.15, 0.2) is 65.7 Å². The van der Waals surface area contributed by atoms with Crippen LogP contribution in [-0.2, 0) is 9.59 Å². The Kier molecular flexibility index (Phi) is 4.26. The summed E-state index contributed by atoms with van der Waals surface area (Å²) in [6.45, 7) is 0.155. The molecule has 1 N–H and O–H groups in total. The van der Waals surface area contributed by atoms with Crippen molar-refractivity contribution in [2.24, 2.45) is 0 Å². The molecule has 2 aromatic carbocycles. The first-order chi connectivity index (χ1) is 14.1. The molecule has 0 bridgehead atoms. The number of nitrogens with one attached hydrogen (secondary N) is 1. The molecule has 0 radical (unpaired) electrons. The molecule has 0 unspecified atom stereocenters. The summed E-state index contributed by atoms with van der Waals surface area (Å²) in [5.74, 6) is 0.371. The first-order valence-electron chi connectivity index (χ1n) is 8.71. The van der Waals surface area contributed by atoms with Gasteiger partial charge in [-0.05, 0) is 41.8 Å². The van der Waals surface area contributed by atoms with E-state index in [4.69, 9.17) is 21.1 Å². The van der Waals surface area contributed by atoms with E-state index < -0.39 is 11.8 Å². The van der Waals surface area contributed by atoms with Crippen LogP contribution in [0.4, 0.5) is 11.4 Å². The van der Waals surface area contributed by atoms with Crippen molar-refractivity contribution >= 4 is 51.7 Å². The van der Waals surface area contributed by atoms with Gasteiger partial charge in [0.1, 0.15) is 5.70 Å². The third kappa shape index (κ3) is 3.04. The van der Waals surface area contributed by atoms with Crippen molar-refractivity contribution in [2.75, 3.05) is 17.0 Å². The minimum atomic E-state index is -0.446. The lowest BCUT2D eigenvalue weighted by atomic mass is 10.2. The molecule has 29 heavy (non-hydrogen) atoms. The van der Waals surface area contributed by atoms with Crippen LogP contribution in [0.3, 0.4) is 0 Å². The van der Waals surface area contributed by atoms with Crippen LogP contribution in [0.25, 0.3) is 5.57 Å². The number of benzene rings is 2. The van der Waals surface area contributed by atoms with E-state index in [2.05, 4.69) is 5.32 Å². The smallest absolute Gasteiger partial charge is 0.282 e. The summed E-state index contributed by atoms with van der Waals surface area (Å²) in [4.78, 5) is 28.3. The summed E-state index contributed by atoms with van der Waals surface area (Å²) in [6.07, 6.45) is 0. The van der Waals surface area contributed by atoms with Crippen LogP contribution in [0.2, 0.25) is 5.02 Å². The van der Waals surface area contributed by atoms with Gasteiger partial charge in [-0.3, -0.25) is 9.59 Å². The highest BCUT2D eigenvalue weighted by atomic mass is 35.5. The third-order valence-corrected chi connectivity index (χ3v) is 5.68. The van der Waals surface area contributed by atoms with Crippen LogP contribution in [0, 0.1) is 0 Å². The van der Waals surface area contributed by atoms with Crippen LogP contribution in [0.5, 0.6) is 11.5 Å². The van der Waals surface area contributed by atoms with Crippen LogP contribution < -0.4 is 19.7 Å². The maximum absolute atomic E-state index is 13.3. The van der Waals surface area contributed by atoms with Gasteiger partial charge in [0.15, 0.2) is 11.5 Å². The van der Waals surface area contributed by atoms with Gasteiger partial charge >= 0.3 is 0 Å². The number of imide groups is 1. The molecule has 2 amide bonds. The fourth-order valence-corrected chi connectivity index (χ4v) is 4.22. The SMILES string of the molecule is O=C1C(Nc2ccc3c(c2)OCO3)=C(c2cccs2)C(=O)N1c1cccc(Cl)c1. The summed E-state index contributed by atoms with van der Waals surface area (Å²) < 4.78 is 10.7. The van der Waals surface area contributed by atoms with Gasteiger partial charge in [0, 0.05) is 21.7 Å². The number of anilines is 2. The molecule has 2 aliphatic rings. The molecule has 0 fully saturated rings. The molecular formula is C21H13ClN2O4S. The largest absolute Gasteiger partial charge is 0.454 e. The van der Waals surface area contributed by atoms with Gasteiger partial charge in [-0.15, -0.1) is 11.3 Å². The van der Waals surface area contributed by atoms with E-state index in [1.807, 2.05) is 17.5 Å². The zero-order chi connectivity index (χ0) is 20.0. The van der Waals surface area contributed by atoms with Gasteiger partial charge in [-0.2, -0.15) is 0 Å². The zero-order valence-corrected chi connectivity index (χ0v) is 16.4. The Balaban J connectivity index is 1.58. The summed E-state index contributed by atoms with van der Waals surface area (Å²) in [7, 11) is 0. The average Bonchev–Trinajstić information content (AvgIpc) is 3.43. The molecular weight excluding hydrogens is 412 g/mol. The Morgan fingerprint density at radius 3 is 2.62 bits per heavy atom. The van der Waals surface area contributed by atoms with E-state index in [9.17, 15) is 9.59 Å². The second-order valence-corrected chi connectivity index (χ2v) is 7.73. The van der Waals surface area contributed by atoms with Gasteiger partial charge < -0.3 is 14.8 Å². The fraction of sp³-hybridized carbons (Fsp3) is 0.0476. The van der Waals surface area contributed by atoms with Crippen molar-refractivity contribution in [1.29, 1.82) is 0 Å². The number of hydrogen-bond donors (Lipinski definition) is 1. The number of halogens is 1. The molecule has 144 valence electrons. The minimum Gasteiger partial charge on any atom is -0.454 e. The summed E-state index contributed by atoms with van der Waals surface area (Å²) in [6, 6.07) is 15.6. The van der Waals surface area contributed by atoms with E-state index in [1.54, 1.807) is 42.5 Å². The van der Waals surface area contributed by atoms with Crippen molar-refractivity contribution < 1.29 is 19.1 Å². The number of fused-ring (bicyclic) bond motifs is 1. The highest BCUT2D eigenvalue weighted by Crippen LogP contribution is 2.38. The molecule has 0 saturated carbocycles. The van der Waals surface area contributed by atoms with Gasteiger partial charge in [0.2, 0.25) is 6.79 Å². The number of ether oxygens (including phenoxy) is 2. The highest BCUT2D eigenvalue weighted by molar-refractivity contribution is 7.11. The van der Waals surface area contributed by atoms with Gasteiger partial charge in [-0.25, -0.2) is 4.90 Å². The first-order valence-corrected chi connectivity index (χ1v) is 9.97. The number of carbonyl (C=O) groups excluding carboxylic acids is 2. The van der Waals surface area contributed by atoms with Crippen LogP contribution >= 0.6 is 22.9 Å². The maximum Gasteiger partial charge on any atom is 0.282 e. The Hall–Kier alpha value is -3.29. The Morgan fingerprint density at radius 2 is 1.83 bits per heavy atom. The second kappa shape index (κ2) is 6.95. The molecule has 5 rings (SSSR count). The predicted octanol–water partition coefficient (Wildman–Crippen LogP) is 4.53. The normalized spacial score (nSPS) is 15.4. The maximum atomic E-state index is 13.3. The number of carbonyl (C=O) groups is 2. The molecule has 0 atom stereocenters. The third-order valence-electron chi connectivity index (χ3n) is 4.56. The molecule has 8 heteroatoms. The standard InChI is InChI=1S/C21H13ClN2O4S/c22-12-3-1-4-14(9-12)24-20(25)18(17-5-2-8-29-17)19(21(24)26)23-13-6-7-15-16(10-13)28-11-27-15/h1-10,23H,11H2. The molecule has 3 heterocycles. The van der Waals surface area contributed by atoms with Crippen molar-refractivity contribution in [2.45, 2.75) is 0 Å². The quantitative estimate of drug-likeness (QED) is 0.623. The van der Waals surface area contributed by atoms with Crippen molar-refractivity contribution in [3.63, 3.8) is 0 Å². The van der Waals surface area contributed by atoms with Crippen molar-refractivity contribution in [1.82, 2.24) is 0 Å². The lowest BCUT2D eigenvalue weighted by Crippen LogP contribution is -2.32. The number of nitrogens with zero attached hydrogens (tertiary/aromatic N) is 1. The zero-order valence-electron chi connectivity index (χ0n) is 14.8. The van der Waals surface area contributed by atoms with Crippen LogP contribution in [0.1, 0.15) is 4.88 Å². The fourth-order valence-electron chi connectivity index (χ4n) is 3.26. The van der Waals surface area contributed by atoms with Gasteiger partial charge in [0.05, 0.1) is 11.3 Å². The average molecular weight is 425 g/mol. The minimum absolute atomic E-state index is 0.155. The molecule has 3 aromatic rings. The molecule has 2 aliphatic heterocycles. The summed E-state index contributed by atoms with van der Waals surface area (Å²) in [5.41, 5.74) is 1.57. The van der Waals surface area contributed by atoms with Crippen molar-refractivity contribution in [3.05, 3.63) is 75.6 Å². The Morgan fingerprint density at radius 1 is 0.966 bits per heavy atom.